The smallest absolute Gasteiger partial charge is 0.264 e. The van der Waals surface area contributed by atoms with Gasteiger partial charge in [-0.05, 0) is 48.6 Å². The summed E-state index contributed by atoms with van der Waals surface area (Å²) in [6, 6.07) is 24.7. The van der Waals surface area contributed by atoms with Crippen molar-refractivity contribution in [1.29, 1.82) is 0 Å². The molecule has 2 aromatic carbocycles. The third-order valence-electron chi connectivity index (χ3n) is 7.02. The molecule has 4 aromatic rings. The van der Waals surface area contributed by atoms with E-state index in [-0.39, 0.29) is 24.4 Å². The average Bonchev–Trinajstić information content (AvgIpc) is 3.40. The quantitative estimate of drug-likeness (QED) is 0.286. The Bertz CT molecular complexity index is 1400. The molecule has 1 aliphatic rings. The van der Waals surface area contributed by atoms with E-state index in [4.69, 9.17) is 11.6 Å². The van der Waals surface area contributed by atoms with Crippen LogP contribution in [0.5, 0.6) is 0 Å². The number of nitrogens with zero attached hydrogens (tertiary/aromatic N) is 5. The van der Waals surface area contributed by atoms with Crippen molar-refractivity contribution in [1.82, 2.24) is 20.0 Å². The molecule has 1 atom stereocenters. The summed E-state index contributed by atoms with van der Waals surface area (Å²) >= 11 is 7.71. The maximum atomic E-state index is 13.5. The molecule has 2 amide bonds. The van der Waals surface area contributed by atoms with Crippen LogP contribution < -0.4 is 4.90 Å². The van der Waals surface area contributed by atoms with Crippen LogP contribution in [0.4, 0.5) is 5.82 Å². The summed E-state index contributed by atoms with van der Waals surface area (Å²) in [4.78, 5) is 33.3. The van der Waals surface area contributed by atoms with Gasteiger partial charge >= 0.3 is 0 Å². The van der Waals surface area contributed by atoms with Gasteiger partial charge in [0.1, 0.15) is 6.54 Å². The van der Waals surface area contributed by atoms with E-state index < -0.39 is 0 Å². The fraction of sp³-hybridized carbons (Fsp3) is 0.267. The molecule has 0 spiro atoms. The Morgan fingerprint density at radius 2 is 1.72 bits per heavy atom. The summed E-state index contributed by atoms with van der Waals surface area (Å²) in [5, 5.41) is 11.4. The van der Waals surface area contributed by atoms with Crippen molar-refractivity contribution in [3.8, 4) is 11.3 Å². The zero-order valence-corrected chi connectivity index (χ0v) is 23.3. The Morgan fingerprint density at radius 3 is 2.44 bits per heavy atom. The number of aromatic nitrogens is 2. The van der Waals surface area contributed by atoms with Crippen molar-refractivity contribution in [3.05, 3.63) is 99.7 Å². The van der Waals surface area contributed by atoms with Gasteiger partial charge in [-0.2, -0.15) is 0 Å². The van der Waals surface area contributed by atoms with Crippen molar-refractivity contribution in [2.45, 2.75) is 19.4 Å². The SMILES string of the molecule is CC(c1ccccc1)N(CC(=O)N1CCCN(c2ccc(-c3ccccc3Cl)nn2)CC1)C(=O)c1cccs1. The minimum Gasteiger partial charge on any atom is -0.353 e. The van der Waals surface area contributed by atoms with Gasteiger partial charge in [-0.1, -0.05) is 66.2 Å². The molecule has 1 unspecified atom stereocenters. The molecule has 1 saturated heterocycles. The number of carbonyl (C=O) groups excluding carboxylic acids is 2. The molecule has 0 N–H and O–H groups in total. The fourth-order valence-corrected chi connectivity index (χ4v) is 5.70. The largest absolute Gasteiger partial charge is 0.353 e. The lowest BCUT2D eigenvalue weighted by Crippen LogP contribution is -2.45. The van der Waals surface area contributed by atoms with Gasteiger partial charge in [-0.3, -0.25) is 9.59 Å². The average molecular weight is 560 g/mol. The minimum atomic E-state index is -0.236. The van der Waals surface area contributed by atoms with Gasteiger partial charge in [0.2, 0.25) is 5.91 Å². The van der Waals surface area contributed by atoms with Gasteiger partial charge in [0.05, 0.1) is 21.6 Å². The number of thiophene rings is 1. The summed E-state index contributed by atoms with van der Waals surface area (Å²) in [6.07, 6.45) is 0.798. The third-order valence-corrected chi connectivity index (χ3v) is 8.21. The van der Waals surface area contributed by atoms with Gasteiger partial charge in [-0.25, -0.2) is 0 Å². The molecule has 5 rings (SSSR count). The Morgan fingerprint density at radius 1 is 0.923 bits per heavy atom. The number of halogens is 1. The van der Waals surface area contributed by atoms with E-state index in [0.29, 0.717) is 29.5 Å². The molecule has 0 radical (unpaired) electrons. The van der Waals surface area contributed by atoms with Crippen LogP contribution in [0.15, 0.2) is 84.2 Å². The first-order valence-electron chi connectivity index (χ1n) is 13.0. The number of hydrogen-bond acceptors (Lipinski definition) is 6. The van der Waals surface area contributed by atoms with Crippen LogP contribution in [0, 0.1) is 0 Å². The van der Waals surface area contributed by atoms with Crippen molar-refractivity contribution >= 4 is 40.6 Å². The molecule has 200 valence electrons. The number of anilines is 1. The predicted octanol–water partition coefficient (Wildman–Crippen LogP) is 5.80. The predicted molar refractivity (Wildman–Crippen MR) is 156 cm³/mol. The standard InChI is InChI=1S/C30H30ClN5O2S/c1-22(23-9-3-2-4-10-23)36(30(38)27-13-7-20-39-27)21-29(37)35-17-8-16-34(18-19-35)28-15-14-26(32-33-28)24-11-5-6-12-25(24)31/h2-7,9-15,20,22H,8,16-19,21H2,1H3. The van der Waals surface area contributed by atoms with E-state index in [9.17, 15) is 9.59 Å². The lowest BCUT2D eigenvalue weighted by atomic mass is 10.1. The molecule has 2 aromatic heterocycles. The highest BCUT2D eigenvalue weighted by molar-refractivity contribution is 7.12. The van der Waals surface area contributed by atoms with Gasteiger partial charge in [0.25, 0.3) is 5.91 Å². The van der Waals surface area contributed by atoms with Crippen LogP contribution in [0.2, 0.25) is 5.02 Å². The lowest BCUT2D eigenvalue weighted by Gasteiger charge is -2.31. The normalized spacial score (nSPS) is 14.5. The summed E-state index contributed by atoms with van der Waals surface area (Å²) in [7, 11) is 0. The monoisotopic (exact) mass is 559 g/mol. The maximum absolute atomic E-state index is 13.5. The second-order valence-electron chi connectivity index (χ2n) is 9.48. The number of amides is 2. The highest BCUT2D eigenvalue weighted by Gasteiger charge is 2.29. The molecular weight excluding hydrogens is 530 g/mol. The van der Waals surface area contributed by atoms with Crippen LogP contribution in [0.1, 0.15) is 34.6 Å². The van der Waals surface area contributed by atoms with Crippen LogP contribution in [0.3, 0.4) is 0 Å². The molecule has 9 heteroatoms. The number of rotatable bonds is 7. The fourth-order valence-electron chi connectivity index (χ4n) is 4.79. The van der Waals surface area contributed by atoms with E-state index in [1.165, 1.54) is 11.3 Å². The highest BCUT2D eigenvalue weighted by atomic mass is 35.5. The van der Waals surface area contributed by atoms with Crippen molar-refractivity contribution in [3.63, 3.8) is 0 Å². The Kier molecular flexibility index (Phi) is 8.54. The second-order valence-corrected chi connectivity index (χ2v) is 10.8. The lowest BCUT2D eigenvalue weighted by molar-refractivity contribution is -0.132. The van der Waals surface area contributed by atoms with Gasteiger partial charge in [-0.15, -0.1) is 21.5 Å². The topological polar surface area (TPSA) is 69.6 Å². The molecule has 7 nitrogen and oxygen atoms in total. The van der Waals surface area contributed by atoms with E-state index >= 15 is 0 Å². The maximum Gasteiger partial charge on any atom is 0.264 e. The van der Waals surface area contributed by atoms with E-state index in [1.54, 1.807) is 4.90 Å². The van der Waals surface area contributed by atoms with E-state index in [0.717, 1.165) is 35.6 Å². The van der Waals surface area contributed by atoms with Crippen molar-refractivity contribution in [2.75, 3.05) is 37.6 Å². The van der Waals surface area contributed by atoms with Gasteiger partial charge in [0.15, 0.2) is 5.82 Å². The zero-order chi connectivity index (χ0) is 27.2. The third kappa shape index (κ3) is 6.29. The first-order valence-corrected chi connectivity index (χ1v) is 14.3. The first kappa shape index (κ1) is 26.8. The van der Waals surface area contributed by atoms with Crippen molar-refractivity contribution in [2.24, 2.45) is 0 Å². The van der Waals surface area contributed by atoms with Gasteiger partial charge in [0, 0.05) is 31.7 Å². The summed E-state index contributed by atoms with van der Waals surface area (Å²) in [5.74, 6) is 0.594. The molecule has 0 aliphatic carbocycles. The Labute approximate surface area is 237 Å². The number of carbonyl (C=O) groups is 2. The van der Waals surface area contributed by atoms with Crippen LogP contribution in [-0.4, -0.2) is 64.5 Å². The Hall–Kier alpha value is -3.75. The van der Waals surface area contributed by atoms with Crippen LogP contribution in [-0.2, 0) is 4.79 Å². The Balaban J connectivity index is 1.26. The zero-order valence-electron chi connectivity index (χ0n) is 21.7. The summed E-state index contributed by atoms with van der Waals surface area (Å²) in [6.45, 7) is 4.58. The summed E-state index contributed by atoms with van der Waals surface area (Å²) < 4.78 is 0. The molecular formula is C30H30ClN5O2S. The van der Waals surface area contributed by atoms with Crippen LogP contribution >= 0.6 is 22.9 Å². The minimum absolute atomic E-state index is 0.0269. The van der Waals surface area contributed by atoms with E-state index in [2.05, 4.69) is 15.1 Å². The van der Waals surface area contributed by atoms with Crippen LogP contribution in [0.25, 0.3) is 11.3 Å². The summed E-state index contributed by atoms with van der Waals surface area (Å²) in [5.41, 5.74) is 2.56. The molecule has 0 saturated carbocycles. The molecule has 0 bridgehead atoms. The van der Waals surface area contributed by atoms with Gasteiger partial charge < -0.3 is 14.7 Å². The first-order chi connectivity index (χ1) is 19.0. The molecule has 3 heterocycles. The molecule has 1 aliphatic heterocycles. The molecule has 1 fully saturated rings. The number of hydrogen-bond donors (Lipinski definition) is 0. The van der Waals surface area contributed by atoms with Crippen molar-refractivity contribution < 1.29 is 9.59 Å². The molecule has 39 heavy (non-hydrogen) atoms. The number of benzene rings is 2. The second kappa shape index (κ2) is 12.4. The highest BCUT2D eigenvalue weighted by Crippen LogP contribution is 2.27. The van der Waals surface area contributed by atoms with E-state index in [1.807, 2.05) is 96.1 Å².